The summed E-state index contributed by atoms with van der Waals surface area (Å²) in [5.74, 6) is -5.81. The summed E-state index contributed by atoms with van der Waals surface area (Å²) in [6, 6.07) is 0. The number of halogens is 1. The highest BCUT2D eigenvalue weighted by Gasteiger charge is 2.61. The van der Waals surface area contributed by atoms with E-state index in [1.165, 1.54) is 62.3 Å². The zero-order valence-electron chi connectivity index (χ0n) is 16.6. The maximum atomic E-state index is 15.2. The van der Waals surface area contributed by atoms with Crippen molar-refractivity contribution in [2.45, 2.75) is 84.8 Å². The van der Waals surface area contributed by atoms with Gasteiger partial charge in [-0.3, -0.25) is 0 Å². The lowest BCUT2D eigenvalue weighted by Gasteiger charge is -2.28. The Morgan fingerprint density at radius 1 is 0.577 bits per heavy atom. The lowest BCUT2D eigenvalue weighted by molar-refractivity contribution is -0.194. The smallest absolute Gasteiger partial charge is 0.457 e. The predicted molar refractivity (Wildman–Crippen MR) is 87.9 cm³/mol. The summed E-state index contributed by atoms with van der Waals surface area (Å²) >= 11 is 0. The maximum Gasteiger partial charge on any atom is 0.516 e. The fourth-order valence-corrected chi connectivity index (χ4v) is 1.36. The molecule has 0 N–H and O–H groups in total. The van der Waals surface area contributed by atoms with Crippen molar-refractivity contribution in [1.82, 2.24) is 0 Å². The van der Waals surface area contributed by atoms with E-state index in [0.29, 0.717) is 0 Å². The van der Waals surface area contributed by atoms with Crippen LogP contribution in [0.2, 0.25) is 0 Å². The fourth-order valence-electron chi connectivity index (χ4n) is 1.36. The zero-order chi connectivity index (χ0) is 21.1. The largest absolute Gasteiger partial charge is 0.516 e. The Labute approximate surface area is 152 Å². The third-order valence-electron chi connectivity index (χ3n) is 2.21. The first-order valence-corrected chi connectivity index (χ1v) is 7.89. The van der Waals surface area contributed by atoms with Crippen molar-refractivity contribution in [2.24, 2.45) is 0 Å². The molecule has 26 heavy (non-hydrogen) atoms. The van der Waals surface area contributed by atoms with Crippen LogP contribution < -0.4 is 0 Å². The highest BCUT2D eigenvalue weighted by atomic mass is 19.1. The first-order chi connectivity index (χ1) is 11.3. The van der Waals surface area contributed by atoms with E-state index in [9.17, 15) is 19.2 Å². The molecule has 0 saturated heterocycles. The molecule has 0 radical (unpaired) electrons. The van der Waals surface area contributed by atoms with Gasteiger partial charge in [-0.05, 0) is 62.3 Å². The molecule has 0 aliphatic rings. The molecule has 0 aromatic carbocycles. The van der Waals surface area contributed by atoms with Crippen LogP contribution in [0.25, 0.3) is 0 Å². The van der Waals surface area contributed by atoms with Crippen molar-refractivity contribution in [3.05, 3.63) is 0 Å². The SMILES string of the molecule is CC(C)(C)OC(=O)OC(=O)C(F)(C(=O)OC(C)(C)C)C(=O)OC(C)(C)C. The van der Waals surface area contributed by atoms with Crippen molar-refractivity contribution < 1.29 is 42.5 Å². The topological polar surface area (TPSA) is 105 Å². The van der Waals surface area contributed by atoms with Crippen LogP contribution in [0.5, 0.6) is 0 Å². The van der Waals surface area contributed by atoms with Crippen LogP contribution in [0.3, 0.4) is 0 Å². The van der Waals surface area contributed by atoms with Gasteiger partial charge in [-0.2, -0.15) is 0 Å². The quantitative estimate of drug-likeness (QED) is 0.419. The van der Waals surface area contributed by atoms with Crippen molar-refractivity contribution in [1.29, 1.82) is 0 Å². The van der Waals surface area contributed by atoms with Gasteiger partial charge in [0.1, 0.15) is 16.8 Å². The van der Waals surface area contributed by atoms with E-state index in [1.807, 2.05) is 0 Å². The summed E-state index contributed by atoms with van der Waals surface area (Å²) in [7, 11) is 0. The van der Waals surface area contributed by atoms with Gasteiger partial charge >= 0.3 is 29.7 Å². The van der Waals surface area contributed by atoms with Gasteiger partial charge in [0, 0.05) is 0 Å². The standard InChI is InChI=1S/C17H27FO8/c1-14(2,3)24-11(20)17(18,12(21)25-15(4,5)6)10(19)23-13(22)26-16(7,8)9/h1-9H3. The molecule has 0 saturated carbocycles. The molecule has 0 spiro atoms. The molecule has 0 amide bonds. The average molecular weight is 378 g/mol. The minimum absolute atomic E-state index is 1.05. The molecule has 8 nitrogen and oxygen atoms in total. The number of hydrogen-bond acceptors (Lipinski definition) is 8. The van der Waals surface area contributed by atoms with Gasteiger partial charge in [0.25, 0.3) is 0 Å². The Kier molecular flexibility index (Phi) is 6.95. The van der Waals surface area contributed by atoms with Gasteiger partial charge in [0.15, 0.2) is 0 Å². The predicted octanol–water partition coefficient (Wildman–Crippen LogP) is 2.86. The molecule has 0 unspecified atom stereocenters. The van der Waals surface area contributed by atoms with Crippen molar-refractivity contribution in [3.63, 3.8) is 0 Å². The molecule has 0 aromatic heterocycles. The van der Waals surface area contributed by atoms with E-state index in [4.69, 9.17) is 14.2 Å². The van der Waals surface area contributed by atoms with Crippen LogP contribution >= 0.6 is 0 Å². The van der Waals surface area contributed by atoms with E-state index >= 15 is 4.39 Å². The van der Waals surface area contributed by atoms with Crippen LogP contribution in [0.4, 0.5) is 9.18 Å². The fraction of sp³-hybridized carbons (Fsp3) is 0.765. The van der Waals surface area contributed by atoms with Crippen LogP contribution in [0.15, 0.2) is 0 Å². The first kappa shape index (κ1) is 23.8. The van der Waals surface area contributed by atoms with Crippen LogP contribution in [0.1, 0.15) is 62.3 Å². The zero-order valence-corrected chi connectivity index (χ0v) is 16.6. The van der Waals surface area contributed by atoms with E-state index in [1.54, 1.807) is 0 Å². The number of carbonyl (C=O) groups is 4. The summed E-state index contributed by atoms with van der Waals surface area (Å²) in [6.07, 6.45) is -1.57. The number of ether oxygens (including phenoxy) is 4. The van der Waals surface area contributed by atoms with Gasteiger partial charge < -0.3 is 18.9 Å². The second kappa shape index (κ2) is 7.59. The van der Waals surface area contributed by atoms with Crippen LogP contribution in [-0.4, -0.2) is 46.5 Å². The molecule has 0 aliphatic heterocycles. The average Bonchev–Trinajstić information content (AvgIpc) is 2.30. The maximum absolute atomic E-state index is 15.2. The van der Waals surface area contributed by atoms with Crippen molar-refractivity contribution >= 4 is 24.1 Å². The summed E-state index contributed by atoms with van der Waals surface area (Å²) in [5.41, 5.74) is -7.48. The summed E-state index contributed by atoms with van der Waals surface area (Å²) in [6.45, 7) is 12.8. The first-order valence-electron chi connectivity index (χ1n) is 7.89. The molecule has 0 rings (SSSR count). The third-order valence-corrected chi connectivity index (χ3v) is 2.21. The lowest BCUT2D eigenvalue weighted by atomic mass is 10.1. The number of hydrogen-bond donors (Lipinski definition) is 0. The molecule has 0 fully saturated rings. The van der Waals surface area contributed by atoms with Gasteiger partial charge in [-0.25, -0.2) is 23.6 Å². The highest BCUT2D eigenvalue weighted by molar-refractivity contribution is 6.23. The summed E-state index contributed by atoms with van der Waals surface area (Å²) in [5, 5.41) is 0. The van der Waals surface area contributed by atoms with E-state index in [0.717, 1.165) is 0 Å². The summed E-state index contributed by atoms with van der Waals surface area (Å²) < 4.78 is 33.6. The van der Waals surface area contributed by atoms with Crippen LogP contribution in [-0.2, 0) is 33.3 Å². The molecule has 0 aliphatic carbocycles. The molecular weight excluding hydrogens is 351 g/mol. The molecule has 0 aromatic rings. The van der Waals surface area contributed by atoms with Gasteiger partial charge in [-0.1, -0.05) is 0 Å². The molecule has 0 atom stereocenters. The minimum atomic E-state index is -3.99. The number of carbonyl (C=O) groups excluding carboxylic acids is 4. The Balaban J connectivity index is 5.70. The van der Waals surface area contributed by atoms with E-state index in [-0.39, 0.29) is 0 Å². The van der Waals surface area contributed by atoms with E-state index < -0.39 is 46.5 Å². The lowest BCUT2D eigenvalue weighted by Crippen LogP contribution is -2.55. The molecule has 9 heteroatoms. The van der Waals surface area contributed by atoms with E-state index in [2.05, 4.69) is 4.74 Å². The van der Waals surface area contributed by atoms with Crippen molar-refractivity contribution in [2.75, 3.05) is 0 Å². The molecule has 0 bridgehead atoms. The molecule has 150 valence electrons. The third kappa shape index (κ3) is 7.79. The van der Waals surface area contributed by atoms with Gasteiger partial charge in [0.05, 0.1) is 0 Å². The Morgan fingerprint density at radius 2 is 0.885 bits per heavy atom. The summed E-state index contributed by atoms with van der Waals surface area (Å²) in [4.78, 5) is 48.0. The van der Waals surface area contributed by atoms with Crippen LogP contribution in [0, 0.1) is 0 Å². The normalized spacial score (nSPS) is 12.8. The van der Waals surface area contributed by atoms with Gasteiger partial charge in [0.2, 0.25) is 0 Å². The molecule has 0 heterocycles. The highest BCUT2D eigenvalue weighted by Crippen LogP contribution is 2.25. The van der Waals surface area contributed by atoms with Crippen molar-refractivity contribution in [3.8, 4) is 0 Å². The Hall–Kier alpha value is -2.19. The Morgan fingerprint density at radius 3 is 1.15 bits per heavy atom. The molecular formula is C17H27FO8. The van der Waals surface area contributed by atoms with Gasteiger partial charge in [-0.15, -0.1) is 0 Å². The second-order valence-electron chi connectivity index (χ2n) is 8.52. The monoisotopic (exact) mass is 378 g/mol. The minimum Gasteiger partial charge on any atom is -0.457 e. The number of alkyl halides is 1. The second-order valence-corrected chi connectivity index (χ2v) is 8.52. The number of esters is 3. The number of rotatable bonds is 3. The Bertz CT molecular complexity index is 547.